The number of hydrogen-bond donors (Lipinski definition) is 1. The van der Waals surface area contributed by atoms with Gasteiger partial charge in [-0.3, -0.25) is 4.79 Å². The van der Waals surface area contributed by atoms with Crippen molar-refractivity contribution in [1.29, 1.82) is 0 Å². The monoisotopic (exact) mass is 398 g/mol. The third-order valence-corrected chi connectivity index (χ3v) is 5.46. The number of halogens is 1. The number of fused-ring (bicyclic) bond motifs is 1. The molecule has 0 spiro atoms. The molecule has 0 unspecified atom stereocenters. The number of nitrogens with two attached hydrogens (primary N) is 1. The van der Waals surface area contributed by atoms with Crippen LogP contribution >= 0.6 is 11.6 Å². The van der Waals surface area contributed by atoms with E-state index in [0.29, 0.717) is 31.1 Å². The quantitative estimate of drug-likeness (QED) is 0.688. The summed E-state index contributed by atoms with van der Waals surface area (Å²) >= 11 is 5.92. The lowest BCUT2D eigenvalue weighted by atomic mass is 10.0. The summed E-state index contributed by atoms with van der Waals surface area (Å²) in [5, 5.41) is 5.43. The van der Waals surface area contributed by atoms with Gasteiger partial charge in [-0.1, -0.05) is 23.7 Å². The molecule has 1 atom stereocenters. The molecule has 28 heavy (non-hydrogen) atoms. The third-order valence-electron chi connectivity index (χ3n) is 5.20. The Labute approximate surface area is 168 Å². The number of hydrogen-bond acceptors (Lipinski definition) is 5. The Morgan fingerprint density at radius 3 is 2.79 bits per heavy atom. The van der Waals surface area contributed by atoms with Gasteiger partial charge < -0.3 is 10.6 Å². The van der Waals surface area contributed by atoms with Crippen LogP contribution in [0.3, 0.4) is 0 Å². The largest absolute Gasteiger partial charge is 0.342 e. The van der Waals surface area contributed by atoms with Crippen molar-refractivity contribution < 1.29 is 4.79 Å². The minimum absolute atomic E-state index is 0.175. The van der Waals surface area contributed by atoms with Crippen LogP contribution in [0.5, 0.6) is 0 Å². The molecule has 7 nitrogen and oxygen atoms in total. The summed E-state index contributed by atoms with van der Waals surface area (Å²) in [5.74, 6) is 0.354. The Hall–Kier alpha value is -2.51. The zero-order valence-corrected chi connectivity index (χ0v) is 16.3. The predicted molar refractivity (Wildman–Crippen MR) is 108 cm³/mol. The number of benzene rings is 1. The highest BCUT2D eigenvalue weighted by Crippen LogP contribution is 2.30. The first-order valence-corrected chi connectivity index (χ1v) is 9.93. The van der Waals surface area contributed by atoms with Gasteiger partial charge in [-0.2, -0.15) is 5.10 Å². The molecule has 0 bridgehead atoms. The summed E-state index contributed by atoms with van der Waals surface area (Å²) in [6.45, 7) is 2.51. The number of likely N-dealkylation sites (tertiary alicyclic amines) is 1. The van der Waals surface area contributed by atoms with Gasteiger partial charge >= 0.3 is 0 Å². The standard InChI is InChI=1S/C20H23ClN6O/c21-16-4-1-14(2-5-16)3-6-17(28)26-11-7-15(13-26)18-19-20(24-10-9-23-19)27(25-18)12-8-22/h1-2,4-5,9-10,15H,3,6-8,11-13,22H2/t15-/m1/s1. The first-order chi connectivity index (χ1) is 13.7. The number of nitrogens with zero attached hydrogens (tertiary/aromatic N) is 5. The smallest absolute Gasteiger partial charge is 0.222 e. The number of aryl methyl sites for hydroxylation is 1. The van der Waals surface area contributed by atoms with E-state index in [9.17, 15) is 4.79 Å². The second-order valence-corrected chi connectivity index (χ2v) is 7.51. The van der Waals surface area contributed by atoms with Crippen LogP contribution in [-0.2, 0) is 17.8 Å². The Morgan fingerprint density at radius 1 is 1.21 bits per heavy atom. The summed E-state index contributed by atoms with van der Waals surface area (Å²) in [6, 6.07) is 7.66. The van der Waals surface area contributed by atoms with E-state index in [1.807, 2.05) is 33.8 Å². The minimum Gasteiger partial charge on any atom is -0.342 e. The van der Waals surface area contributed by atoms with Crippen LogP contribution in [0.2, 0.25) is 5.02 Å². The van der Waals surface area contributed by atoms with E-state index in [4.69, 9.17) is 22.4 Å². The van der Waals surface area contributed by atoms with Crippen LogP contribution in [0.25, 0.3) is 11.2 Å². The Kier molecular flexibility index (Phi) is 5.54. The topological polar surface area (TPSA) is 89.9 Å². The lowest BCUT2D eigenvalue weighted by Gasteiger charge is -2.16. The maximum atomic E-state index is 12.7. The van der Waals surface area contributed by atoms with Crippen molar-refractivity contribution in [3.05, 3.63) is 52.9 Å². The maximum absolute atomic E-state index is 12.7. The average molecular weight is 399 g/mol. The zero-order valence-electron chi connectivity index (χ0n) is 15.6. The number of rotatable bonds is 6. The lowest BCUT2D eigenvalue weighted by molar-refractivity contribution is -0.130. The van der Waals surface area contributed by atoms with E-state index in [-0.39, 0.29) is 11.8 Å². The van der Waals surface area contributed by atoms with Gasteiger partial charge in [0.15, 0.2) is 5.65 Å². The molecule has 1 aromatic carbocycles. The summed E-state index contributed by atoms with van der Waals surface area (Å²) in [7, 11) is 0. The molecule has 1 fully saturated rings. The van der Waals surface area contributed by atoms with E-state index in [1.165, 1.54) is 0 Å². The van der Waals surface area contributed by atoms with E-state index in [1.54, 1.807) is 12.4 Å². The highest BCUT2D eigenvalue weighted by molar-refractivity contribution is 6.30. The van der Waals surface area contributed by atoms with Crippen molar-refractivity contribution in [2.75, 3.05) is 19.6 Å². The fourth-order valence-electron chi connectivity index (χ4n) is 3.75. The number of carbonyl (C=O) groups is 1. The van der Waals surface area contributed by atoms with Crippen LogP contribution < -0.4 is 5.73 Å². The van der Waals surface area contributed by atoms with Crippen molar-refractivity contribution in [2.24, 2.45) is 5.73 Å². The first kappa shape index (κ1) is 18.8. The van der Waals surface area contributed by atoms with E-state index in [2.05, 4.69) is 9.97 Å². The molecule has 3 aromatic rings. The van der Waals surface area contributed by atoms with E-state index in [0.717, 1.165) is 41.8 Å². The van der Waals surface area contributed by atoms with Crippen molar-refractivity contribution >= 4 is 28.7 Å². The molecular formula is C20H23ClN6O. The zero-order chi connectivity index (χ0) is 19.5. The second-order valence-electron chi connectivity index (χ2n) is 7.08. The van der Waals surface area contributed by atoms with Gasteiger partial charge in [0.2, 0.25) is 5.91 Å². The number of amides is 1. The fraction of sp³-hybridized carbons (Fsp3) is 0.400. The molecular weight excluding hydrogens is 376 g/mol. The Bertz CT molecular complexity index is 970. The van der Waals surface area contributed by atoms with Gasteiger partial charge in [-0.05, 0) is 30.5 Å². The second kappa shape index (κ2) is 8.24. The van der Waals surface area contributed by atoms with Crippen LogP contribution in [0.4, 0.5) is 0 Å². The summed E-state index contributed by atoms with van der Waals surface area (Å²) in [5.41, 5.74) is 9.31. The molecule has 1 saturated heterocycles. The molecule has 8 heteroatoms. The molecule has 0 aliphatic carbocycles. The number of carbonyl (C=O) groups excluding carboxylic acids is 1. The number of aromatic nitrogens is 4. The van der Waals surface area contributed by atoms with Crippen molar-refractivity contribution in [1.82, 2.24) is 24.6 Å². The highest BCUT2D eigenvalue weighted by atomic mass is 35.5. The van der Waals surface area contributed by atoms with Gasteiger partial charge in [0.05, 0.1) is 12.2 Å². The molecule has 0 saturated carbocycles. The van der Waals surface area contributed by atoms with Crippen molar-refractivity contribution in [2.45, 2.75) is 31.7 Å². The average Bonchev–Trinajstić information content (AvgIpc) is 3.33. The first-order valence-electron chi connectivity index (χ1n) is 9.55. The van der Waals surface area contributed by atoms with Gasteiger partial charge in [0.1, 0.15) is 5.52 Å². The fourth-order valence-corrected chi connectivity index (χ4v) is 3.87. The van der Waals surface area contributed by atoms with Crippen LogP contribution in [0.1, 0.15) is 30.0 Å². The molecule has 2 aromatic heterocycles. The molecule has 2 N–H and O–H groups in total. The SMILES string of the molecule is NCCn1nc([C@@H]2CCN(C(=O)CCc3ccc(Cl)cc3)C2)c2nccnc21. The van der Waals surface area contributed by atoms with Gasteiger partial charge in [-0.25, -0.2) is 14.6 Å². The molecule has 1 amide bonds. The van der Waals surface area contributed by atoms with Crippen LogP contribution in [0, 0.1) is 0 Å². The summed E-state index contributed by atoms with van der Waals surface area (Å²) in [6.07, 6.45) is 5.46. The van der Waals surface area contributed by atoms with E-state index >= 15 is 0 Å². The molecule has 3 heterocycles. The summed E-state index contributed by atoms with van der Waals surface area (Å²) in [4.78, 5) is 23.5. The molecule has 4 rings (SSSR count). The van der Waals surface area contributed by atoms with Gasteiger partial charge in [0, 0.05) is 49.4 Å². The maximum Gasteiger partial charge on any atom is 0.222 e. The molecule has 1 aliphatic heterocycles. The molecule has 0 radical (unpaired) electrons. The van der Waals surface area contributed by atoms with Gasteiger partial charge in [-0.15, -0.1) is 0 Å². The van der Waals surface area contributed by atoms with Crippen LogP contribution in [-0.4, -0.2) is 50.2 Å². The highest BCUT2D eigenvalue weighted by Gasteiger charge is 2.31. The Morgan fingerprint density at radius 2 is 2.00 bits per heavy atom. The van der Waals surface area contributed by atoms with Crippen molar-refractivity contribution in [3.63, 3.8) is 0 Å². The lowest BCUT2D eigenvalue weighted by Crippen LogP contribution is -2.28. The van der Waals surface area contributed by atoms with Gasteiger partial charge in [0.25, 0.3) is 0 Å². The third kappa shape index (κ3) is 3.86. The molecule has 1 aliphatic rings. The van der Waals surface area contributed by atoms with E-state index < -0.39 is 0 Å². The van der Waals surface area contributed by atoms with Crippen LogP contribution in [0.15, 0.2) is 36.7 Å². The normalized spacial score (nSPS) is 16.8. The minimum atomic E-state index is 0.175. The Balaban J connectivity index is 1.43. The predicted octanol–water partition coefficient (Wildman–Crippen LogP) is 2.39. The molecule has 146 valence electrons. The summed E-state index contributed by atoms with van der Waals surface area (Å²) < 4.78 is 1.82. The van der Waals surface area contributed by atoms with Crippen molar-refractivity contribution in [3.8, 4) is 0 Å².